The molecule has 0 aliphatic carbocycles. The van der Waals surface area contributed by atoms with Gasteiger partial charge in [0.25, 0.3) is 0 Å². The van der Waals surface area contributed by atoms with E-state index >= 15 is 0 Å². The van der Waals surface area contributed by atoms with Crippen molar-refractivity contribution in [1.29, 1.82) is 0 Å². The van der Waals surface area contributed by atoms with E-state index in [1.165, 1.54) is 98.0 Å². The van der Waals surface area contributed by atoms with Gasteiger partial charge in [-0.15, -0.1) is 0 Å². The fourth-order valence-corrected chi connectivity index (χ4v) is 7.02. The lowest BCUT2D eigenvalue weighted by atomic mass is 10.0. The molecule has 4 fully saturated rings. The zero-order chi connectivity index (χ0) is 37.4. The summed E-state index contributed by atoms with van der Waals surface area (Å²) in [7, 11) is 0. The number of hydrogen-bond acceptors (Lipinski definition) is 8. The van der Waals surface area contributed by atoms with E-state index in [1.807, 2.05) is 4.90 Å². The van der Waals surface area contributed by atoms with Gasteiger partial charge in [0.1, 0.15) is 0 Å². The topological polar surface area (TPSA) is 43.0 Å². The van der Waals surface area contributed by atoms with Crippen LogP contribution in [0.25, 0.3) is 0 Å². The number of likely N-dealkylation sites (N-methyl/N-ethyl adjacent to an activating group) is 1. The summed E-state index contributed by atoms with van der Waals surface area (Å²) in [5.74, 6) is 0.207. The van der Waals surface area contributed by atoms with Gasteiger partial charge in [-0.2, -0.15) is 0 Å². The van der Waals surface area contributed by atoms with Crippen LogP contribution in [0.2, 0.25) is 0 Å². The van der Waals surface area contributed by atoms with Gasteiger partial charge in [-0.25, -0.2) is 0 Å². The fourth-order valence-electron chi connectivity index (χ4n) is 7.02. The second kappa shape index (κ2) is 23.0. The molecule has 0 aromatic rings. The quantitative estimate of drug-likeness (QED) is 0.376. The van der Waals surface area contributed by atoms with Crippen molar-refractivity contribution in [2.75, 3.05) is 118 Å². The molecule has 4 aliphatic rings. The zero-order valence-electron chi connectivity index (χ0n) is 35.7. The first kappa shape index (κ1) is 46.2. The molecule has 4 heterocycles. The predicted octanol–water partition coefficient (Wildman–Crippen LogP) is 5.21. The maximum Gasteiger partial charge on any atom is 0.219 e. The van der Waals surface area contributed by atoms with Gasteiger partial charge < -0.3 is 14.7 Å². The lowest BCUT2D eigenvalue weighted by Gasteiger charge is -2.43. The highest BCUT2D eigenvalue weighted by Gasteiger charge is 2.27. The number of piperazine rings is 4. The molecule has 1 amide bonds. The van der Waals surface area contributed by atoms with Gasteiger partial charge in [0.15, 0.2) is 0 Å². The van der Waals surface area contributed by atoms with Crippen LogP contribution in [0.4, 0.5) is 0 Å². The van der Waals surface area contributed by atoms with Gasteiger partial charge in [0.05, 0.1) is 0 Å². The zero-order valence-corrected chi connectivity index (χ0v) is 35.7. The molecule has 0 aromatic heterocycles. The summed E-state index contributed by atoms with van der Waals surface area (Å²) in [5, 5.41) is 0. The normalized spacial score (nSPS) is 22.0. The monoisotopic (exact) mass is 695 g/mol. The van der Waals surface area contributed by atoms with Crippen LogP contribution in [0.3, 0.4) is 0 Å². The first-order valence-corrected chi connectivity index (χ1v) is 20.2. The number of carbonyl (C=O) groups excluding carboxylic acids is 1. The summed E-state index contributed by atoms with van der Waals surface area (Å²) in [6.45, 7) is 54.8. The van der Waals surface area contributed by atoms with Gasteiger partial charge >= 0.3 is 0 Å². The van der Waals surface area contributed by atoms with Crippen LogP contribution in [-0.2, 0) is 4.79 Å². The Morgan fingerprint density at radius 3 is 1.08 bits per heavy atom. The van der Waals surface area contributed by atoms with Gasteiger partial charge in [-0.3, -0.25) is 29.3 Å². The first-order chi connectivity index (χ1) is 22.8. The number of nitrogens with zero attached hydrogens (tertiary/aromatic N) is 8. The smallest absolute Gasteiger partial charge is 0.219 e. The van der Waals surface area contributed by atoms with Crippen molar-refractivity contribution in [2.24, 2.45) is 0 Å². The highest BCUT2D eigenvalue weighted by Crippen LogP contribution is 2.17. The Bertz CT molecular complexity index is 835. The van der Waals surface area contributed by atoms with E-state index in [4.69, 9.17) is 0 Å². The highest BCUT2D eigenvalue weighted by atomic mass is 16.2. The van der Waals surface area contributed by atoms with Crippen molar-refractivity contribution in [3.05, 3.63) is 0 Å². The standard InChI is InChI=1S/C11H24N2.2C10H22N2.C9H18N2O/c1-10(2)12-6-8-13(9-7-12)11(3,4)5;1-5-11-6-8-12(9-7-11)10(2,3)4;1-4-5-11-6-8-12(9-7-11)10(2)3;1-8(2)10-4-6-11(7-5-10)9(3)12/h10H,6-9H2,1-5H3;5-9H2,1-4H3;10H,4-9H2,1-3H3;8H,4-7H2,1-3H3. The number of amides is 1. The Morgan fingerprint density at radius 1 is 0.490 bits per heavy atom. The van der Waals surface area contributed by atoms with Crippen LogP contribution >= 0.6 is 0 Å². The number of carbonyl (C=O) groups is 1. The second-order valence-corrected chi connectivity index (χ2v) is 17.5. The molecule has 292 valence electrons. The average Bonchev–Trinajstić information content (AvgIpc) is 3.05. The molecule has 0 radical (unpaired) electrons. The molecule has 0 saturated carbocycles. The Labute approximate surface area is 306 Å². The van der Waals surface area contributed by atoms with E-state index in [-0.39, 0.29) is 5.91 Å². The molecule has 0 aromatic carbocycles. The van der Waals surface area contributed by atoms with Crippen molar-refractivity contribution < 1.29 is 4.79 Å². The van der Waals surface area contributed by atoms with E-state index in [0.29, 0.717) is 23.2 Å². The third-order valence-corrected chi connectivity index (χ3v) is 10.9. The maximum atomic E-state index is 11.0. The SMILES string of the molecule is CC(=O)N1CCN(C(C)C)CC1.CC(C)N1CCN(C(C)(C)C)CC1.CCCN1CCN(C(C)C)CC1.CCN1CCN(C(C)(C)C)CC1. The lowest BCUT2D eigenvalue weighted by Crippen LogP contribution is -2.54. The van der Waals surface area contributed by atoms with E-state index in [9.17, 15) is 4.79 Å². The Hall–Kier alpha value is -0.810. The Morgan fingerprint density at radius 2 is 0.796 bits per heavy atom. The minimum Gasteiger partial charge on any atom is -0.340 e. The second-order valence-electron chi connectivity index (χ2n) is 17.5. The molecule has 49 heavy (non-hydrogen) atoms. The molecule has 0 N–H and O–H groups in total. The molecule has 4 aliphatic heterocycles. The van der Waals surface area contributed by atoms with Crippen LogP contribution in [0.5, 0.6) is 0 Å². The van der Waals surface area contributed by atoms with Gasteiger partial charge in [-0.05, 0) is 103 Å². The molecular weight excluding hydrogens is 608 g/mol. The minimum atomic E-state index is 0.207. The summed E-state index contributed by atoms with van der Waals surface area (Å²) >= 11 is 0. The lowest BCUT2D eigenvalue weighted by molar-refractivity contribution is -0.130. The van der Waals surface area contributed by atoms with Crippen LogP contribution in [-0.4, -0.2) is 192 Å². The van der Waals surface area contributed by atoms with Gasteiger partial charge in [-0.1, -0.05) is 13.8 Å². The molecular formula is C40H86N8O. The maximum absolute atomic E-state index is 11.0. The molecule has 0 unspecified atom stereocenters. The van der Waals surface area contributed by atoms with E-state index in [1.54, 1.807) is 6.92 Å². The molecule has 4 rings (SSSR count). The summed E-state index contributed by atoms with van der Waals surface area (Å²) in [6.07, 6.45) is 1.29. The van der Waals surface area contributed by atoms with Crippen molar-refractivity contribution in [3.8, 4) is 0 Å². The molecule has 4 saturated heterocycles. The third-order valence-electron chi connectivity index (χ3n) is 10.9. The minimum absolute atomic E-state index is 0.207. The Balaban J connectivity index is 0.000000327. The fraction of sp³-hybridized carbons (Fsp3) is 0.975. The average molecular weight is 695 g/mol. The third kappa shape index (κ3) is 18.5. The van der Waals surface area contributed by atoms with E-state index < -0.39 is 0 Å². The molecule has 0 atom stereocenters. The van der Waals surface area contributed by atoms with Crippen molar-refractivity contribution in [3.63, 3.8) is 0 Å². The molecule has 9 heteroatoms. The van der Waals surface area contributed by atoms with Crippen molar-refractivity contribution in [2.45, 2.75) is 139 Å². The predicted molar refractivity (Wildman–Crippen MR) is 214 cm³/mol. The van der Waals surface area contributed by atoms with E-state index in [0.717, 1.165) is 32.2 Å². The van der Waals surface area contributed by atoms with Crippen LogP contribution < -0.4 is 0 Å². The van der Waals surface area contributed by atoms with Crippen LogP contribution in [0.15, 0.2) is 0 Å². The van der Waals surface area contributed by atoms with Crippen LogP contribution in [0.1, 0.15) is 110 Å². The van der Waals surface area contributed by atoms with Crippen molar-refractivity contribution in [1.82, 2.24) is 39.2 Å². The van der Waals surface area contributed by atoms with Gasteiger partial charge in [0.2, 0.25) is 5.91 Å². The largest absolute Gasteiger partial charge is 0.340 e. The summed E-state index contributed by atoms with van der Waals surface area (Å²) in [4.78, 5) is 30.6. The Kier molecular flexibility index (Phi) is 21.7. The summed E-state index contributed by atoms with van der Waals surface area (Å²) in [6, 6.07) is 2.05. The van der Waals surface area contributed by atoms with Crippen LogP contribution in [0, 0.1) is 0 Å². The first-order valence-electron chi connectivity index (χ1n) is 20.2. The molecule has 9 nitrogen and oxygen atoms in total. The summed E-state index contributed by atoms with van der Waals surface area (Å²) < 4.78 is 0. The number of hydrogen-bond donors (Lipinski definition) is 0. The molecule has 0 spiro atoms. The van der Waals surface area contributed by atoms with Crippen molar-refractivity contribution >= 4 is 5.91 Å². The highest BCUT2D eigenvalue weighted by molar-refractivity contribution is 5.73. The number of rotatable bonds is 6. The summed E-state index contributed by atoms with van der Waals surface area (Å²) in [5.41, 5.74) is 0.711. The van der Waals surface area contributed by atoms with E-state index in [2.05, 4.69) is 131 Å². The molecule has 0 bridgehead atoms. The van der Waals surface area contributed by atoms with Gasteiger partial charge in [0, 0.05) is 141 Å².